The van der Waals surface area contributed by atoms with Gasteiger partial charge >= 0.3 is 12.2 Å². The van der Waals surface area contributed by atoms with Crippen LogP contribution in [0.5, 0.6) is 0 Å². The van der Waals surface area contributed by atoms with Crippen LogP contribution in [0.15, 0.2) is 6.20 Å². The first-order valence-corrected chi connectivity index (χ1v) is 8.03. The average molecular weight is 347 g/mol. The Morgan fingerprint density at radius 1 is 1.33 bits per heavy atom. The average Bonchev–Trinajstić information content (AvgIpc) is 2.82. The summed E-state index contributed by atoms with van der Waals surface area (Å²) in [6.45, 7) is 2.80. The van der Waals surface area contributed by atoms with E-state index in [0.717, 1.165) is 11.3 Å². The second-order valence-electron chi connectivity index (χ2n) is 6.28. The van der Waals surface area contributed by atoms with Gasteiger partial charge in [-0.1, -0.05) is 0 Å². The summed E-state index contributed by atoms with van der Waals surface area (Å²) in [5.41, 5.74) is 1.94. The fraction of sp³-hybridized carbons (Fsp3) is 0.733. The quantitative estimate of drug-likeness (QED) is 0.854. The van der Waals surface area contributed by atoms with Gasteiger partial charge in [-0.25, -0.2) is 4.79 Å². The highest BCUT2D eigenvalue weighted by Gasteiger charge is 2.32. The Bertz CT molecular complexity index is 550. The molecule has 2 amide bonds. The zero-order chi connectivity index (χ0) is 17.7. The Kier molecular flexibility index (Phi) is 6.09. The molecule has 136 valence electrons. The molecule has 0 spiro atoms. The highest BCUT2D eigenvalue weighted by atomic mass is 19.4. The van der Waals surface area contributed by atoms with E-state index in [2.05, 4.69) is 15.7 Å². The lowest BCUT2D eigenvalue weighted by molar-refractivity contribution is -0.148. The van der Waals surface area contributed by atoms with E-state index < -0.39 is 12.7 Å². The Labute approximate surface area is 139 Å². The summed E-state index contributed by atoms with van der Waals surface area (Å²) in [6, 6.07) is -0.268. The van der Waals surface area contributed by atoms with E-state index in [9.17, 15) is 18.0 Å². The number of carbonyl (C=O) groups is 1. The number of alkyl halides is 3. The fourth-order valence-corrected chi connectivity index (χ4v) is 2.79. The van der Waals surface area contributed by atoms with Crippen LogP contribution in [0.4, 0.5) is 18.0 Å². The SMILES string of the molecule is Cc1c(CNC(=O)NCC2CCN(CC(F)(F)F)CC2)cnn1C. The van der Waals surface area contributed by atoms with E-state index in [1.807, 2.05) is 14.0 Å². The van der Waals surface area contributed by atoms with Gasteiger partial charge in [-0.15, -0.1) is 0 Å². The summed E-state index contributed by atoms with van der Waals surface area (Å²) in [5, 5.41) is 9.67. The second kappa shape index (κ2) is 7.87. The van der Waals surface area contributed by atoms with Crippen molar-refractivity contribution >= 4 is 6.03 Å². The van der Waals surface area contributed by atoms with Crippen molar-refractivity contribution in [3.05, 3.63) is 17.5 Å². The molecule has 24 heavy (non-hydrogen) atoms. The molecular formula is C15H24F3N5O. The number of likely N-dealkylation sites (tertiary alicyclic amines) is 1. The van der Waals surface area contributed by atoms with Gasteiger partial charge in [0.15, 0.2) is 0 Å². The van der Waals surface area contributed by atoms with Crippen LogP contribution in [0, 0.1) is 12.8 Å². The third-order valence-corrected chi connectivity index (χ3v) is 4.44. The molecule has 0 aromatic carbocycles. The van der Waals surface area contributed by atoms with Gasteiger partial charge in [0.2, 0.25) is 0 Å². The number of carbonyl (C=O) groups excluding carboxylic acids is 1. The number of halogens is 3. The summed E-state index contributed by atoms with van der Waals surface area (Å²) in [4.78, 5) is 13.2. The summed E-state index contributed by atoms with van der Waals surface area (Å²) in [5.74, 6) is 0.223. The predicted octanol–water partition coefficient (Wildman–Crippen LogP) is 1.80. The molecule has 1 aromatic heterocycles. The normalized spacial score (nSPS) is 17.0. The molecule has 0 atom stereocenters. The number of urea groups is 1. The number of rotatable bonds is 5. The van der Waals surface area contributed by atoms with Crippen LogP contribution in [0.1, 0.15) is 24.1 Å². The Morgan fingerprint density at radius 3 is 2.54 bits per heavy atom. The number of hydrogen-bond acceptors (Lipinski definition) is 3. The van der Waals surface area contributed by atoms with E-state index in [-0.39, 0.29) is 11.9 Å². The molecule has 2 N–H and O–H groups in total. The van der Waals surface area contributed by atoms with Crippen LogP contribution in [0.25, 0.3) is 0 Å². The Balaban J connectivity index is 1.63. The van der Waals surface area contributed by atoms with Gasteiger partial charge in [0.25, 0.3) is 0 Å². The monoisotopic (exact) mass is 347 g/mol. The standard InChI is InChI=1S/C15H24F3N5O/c1-11-13(9-21-22(11)2)8-20-14(24)19-7-12-3-5-23(6-4-12)10-15(16,17)18/h9,12H,3-8,10H2,1-2H3,(H2,19,20,24). The minimum atomic E-state index is -4.14. The molecule has 2 rings (SSSR count). The maximum Gasteiger partial charge on any atom is 0.401 e. The minimum Gasteiger partial charge on any atom is -0.338 e. The van der Waals surface area contributed by atoms with Crippen molar-refractivity contribution in [3.63, 3.8) is 0 Å². The van der Waals surface area contributed by atoms with Gasteiger partial charge in [-0.3, -0.25) is 9.58 Å². The summed E-state index contributed by atoms with van der Waals surface area (Å²) in [6.07, 6.45) is -1.10. The van der Waals surface area contributed by atoms with Gasteiger partial charge in [0.05, 0.1) is 12.7 Å². The van der Waals surface area contributed by atoms with Crippen LogP contribution >= 0.6 is 0 Å². The second-order valence-corrected chi connectivity index (χ2v) is 6.28. The molecule has 0 aliphatic carbocycles. The van der Waals surface area contributed by atoms with Crippen molar-refractivity contribution in [1.82, 2.24) is 25.3 Å². The summed E-state index contributed by atoms with van der Waals surface area (Å²) in [7, 11) is 1.84. The van der Waals surface area contributed by atoms with Gasteiger partial charge in [0.1, 0.15) is 0 Å². The van der Waals surface area contributed by atoms with Crippen molar-refractivity contribution in [1.29, 1.82) is 0 Å². The molecule has 1 saturated heterocycles. The lowest BCUT2D eigenvalue weighted by Gasteiger charge is -2.32. The van der Waals surface area contributed by atoms with Crippen LogP contribution < -0.4 is 10.6 Å². The molecule has 0 unspecified atom stereocenters. The summed E-state index contributed by atoms with van der Waals surface area (Å²) >= 11 is 0. The van der Waals surface area contributed by atoms with E-state index in [1.165, 1.54) is 4.90 Å². The molecule has 1 fully saturated rings. The van der Waals surface area contributed by atoms with Gasteiger partial charge < -0.3 is 10.6 Å². The van der Waals surface area contributed by atoms with Crippen LogP contribution in [0.2, 0.25) is 0 Å². The molecule has 0 bridgehead atoms. The first-order valence-electron chi connectivity index (χ1n) is 8.03. The van der Waals surface area contributed by atoms with Crippen molar-refractivity contribution in [2.24, 2.45) is 13.0 Å². The van der Waals surface area contributed by atoms with Gasteiger partial charge in [0, 0.05) is 31.4 Å². The number of aryl methyl sites for hydroxylation is 1. The number of nitrogens with one attached hydrogen (secondary N) is 2. The first-order chi connectivity index (χ1) is 11.2. The number of amides is 2. The third kappa shape index (κ3) is 5.70. The molecule has 0 saturated carbocycles. The van der Waals surface area contributed by atoms with Crippen LogP contribution in [0.3, 0.4) is 0 Å². The number of nitrogens with zero attached hydrogens (tertiary/aromatic N) is 3. The largest absolute Gasteiger partial charge is 0.401 e. The van der Waals surface area contributed by atoms with Crippen LogP contribution in [-0.4, -0.2) is 53.1 Å². The fourth-order valence-electron chi connectivity index (χ4n) is 2.79. The molecule has 0 radical (unpaired) electrons. The predicted molar refractivity (Wildman–Crippen MR) is 83.4 cm³/mol. The van der Waals surface area contributed by atoms with Crippen molar-refractivity contribution in [2.75, 3.05) is 26.2 Å². The van der Waals surface area contributed by atoms with Crippen molar-refractivity contribution < 1.29 is 18.0 Å². The van der Waals surface area contributed by atoms with E-state index in [4.69, 9.17) is 0 Å². The lowest BCUT2D eigenvalue weighted by Crippen LogP contribution is -2.44. The summed E-state index contributed by atoms with van der Waals surface area (Å²) < 4.78 is 38.7. The molecule has 1 aliphatic heterocycles. The van der Waals surface area contributed by atoms with E-state index >= 15 is 0 Å². The number of hydrogen-bond donors (Lipinski definition) is 2. The molecule has 6 nitrogen and oxygen atoms in total. The van der Waals surface area contributed by atoms with Crippen LogP contribution in [-0.2, 0) is 13.6 Å². The van der Waals surface area contributed by atoms with E-state index in [1.54, 1.807) is 10.9 Å². The maximum atomic E-state index is 12.3. The van der Waals surface area contributed by atoms with Crippen molar-refractivity contribution in [3.8, 4) is 0 Å². The highest BCUT2D eigenvalue weighted by Crippen LogP contribution is 2.22. The topological polar surface area (TPSA) is 62.2 Å². The highest BCUT2D eigenvalue weighted by molar-refractivity contribution is 5.73. The molecule has 1 aliphatic rings. The Hall–Kier alpha value is -1.77. The van der Waals surface area contributed by atoms with Crippen molar-refractivity contribution in [2.45, 2.75) is 32.5 Å². The smallest absolute Gasteiger partial charge is 0.338 e. The molecule has 2 heterocycles. The van der Waals surface area contributed by atoms with E-state index in [0.29, 0.717) is 39.0 Å². The first kappa shape index (κ1) is 18.6. The molecule has 1 aromatic rings. The minimum absolute atomic E-state index is 0.223. The lowest BCUT2D eigenvalue weighted by atomic mass is 9.97. The molecular weight excluding hydrogens is 323 g/mol. The Morgan fingerprint density at radius 2 is 2.00 bits per heavy atom. The third-order valence-electron chi connectivity index (χ3n) is 4.44. The zero-order valence-corrected chi connectivity index (χ0v) is 14.0. The number of aromatic nitrogens is 2. The van der Waals surface area contributed by atoms with Gasteiger partial charge in [-0.2, -0.15) is 18.3 Å². The zero-order valence-electron chi connectivity index (χ0n) is 14.0. The van der Waals surface area contributed by atoms with Gasteiger partial charge in [-0.05, 0) is 38.8 Å². The molecule has 9 heteroatoms. The number of piperidine rings is 1. The maximum absolute atomic E-state index is 12.3.